The summed E-state index contributed by atoms with van der Waals surface area (Å²) in [6.07, 6.45) is 14.4. The molecular weight excluding hydrogens is 847 g/mol. The lowest BCUT2D eigenvalue weighted by molar-refractivity contribution is 0.0845. The number of benzene rings is 2. The minimum absolute atomic E-state index is 0.148. The van der Waals surface area contributed by atoms with Crippen molar-refractivity contribution >= 4 is 33.9 Å². The van der Waals surface area contributed by atoms with Crippen LogP contribution in [0.4, 0.5) is 8.78 Å². The molecule has 4 aliphatic rings. The Morgan fingerprint density at radius 3 is 1.32 bits per heavy atom. The number of aromatic nitrogens is 6. The average Bonchev–Trinajstić information content (AvgIpc) is 4.16. The lowest BCUT2D eigenvalue weighted by atomic mass is 9.79. The quantitative estimate of drug-likeness (QED) is 0.103. The summed E-state index contributed by atoms with van der Waals surface area (Å²) in [5.41, 5.74) is 5.32. The van der Waals surface area contributed by atoms with Gasteiger partial charge < -0.3 is 39.1 Å². The number of imidazole rings is 2. The molecule has 2 saturated carbocycles. The van der Waals surface area contributed by atoms with Gasteiger partial charge in [-0.15, -0.1) is 0 Å². The average molecular weight is 909 g/mol. The largest absolute Gasteiger partial charge is 0.381 e. The van der Waals surface area contributed by atoms with E-state index in [1.54, 1.807) is 13.8 Å². The van der Waals surface area contributed by atoms with Crippen molar-refractivity contribution in [2.24, 2.45) is 23.7 Å². The molecule has 16 heteroatoms. The molecule has 2 atom stereocenters. The SMILES string of the molecule is Cc1nocc1C(=O)N[C@H](c1nc2c(F)c(C3CCOCC3)ccc2[nH]1)C1CCC(C)CC1.Cc1nocc1C(=O)N[C@H](c1nc2c(F)c(C3CCOCC3)ccc2[nH]1)C1CCC(C)CC1. The number of carbonyl (C=O) groups is 2. The molecule has 6 heterocycles. The molecule has 10 rings (SSSR count). The van der Waals surface area contributed by atoms with E-state index in [-0.39, 0.29) is 59.2 Å². The van der Waals surface area contributed by atoms with Gasteiger partial charge in [-0.3, -0.25) is 9.59 Å². The lowest BCUT2D eigenvalue weighted by Gasteiger charge is -2.32. The summed E-state index contributed by atoms with van der Waals surface area (Å²) in [7, 11) is 0. The molecule has 4 fully saturated rings. The van der Waals surface area contributed by atoms with Gasteiger partial charge in [0.15, 0.2) is 11.6 Å². The summed E-state index contributed by atoms with van der Waals surface area (Å²) in [6.45, 7) is 10.6. The zero-order valence-corrected chi connectivity index (χ0v) is 38.4. The highest BCUT2D eigenvalue weighted by Crippen LogP contribution is 2.40. The first kappa shape index (κ1) is 45.7. The Bertz CT molecular complexity index is 2430. The van der Waals surface area contributed by atoms with Crippen LogP contribution in [0.5, 0.6) is 0 Å². The fourth-order valence-corrected chi connectivity index (χ4v) is 10.6. The first-order valence-electron chi connectivity index (χ1n) is 24.0. The van der Waals surface area contributed by atoms with Gasteiger partial charge in [-0.05, 0) is 124 Å². The highest BCUT2D eigenvalue weighted by molar-refractivity contribution is 5.95. The van der Waals surface area contributed by atoms with Crippen molar-refractivity contribution in [3.63, 3.8) is 0 Å². The van der Waals surface area contributed by atoms with Crippen LogP contribution in [-0.4, -0.2) is 68.5 Å². The maximum atomic E-state index is 15.5. The molecule has 352 valence electrons. The first-order chi connectivity index (χ1) is 32.0. The molecule has 0 bridgehead atoms. The molecule has 6 aromatic rings. The topological polar surface area (TPSA) is 186 Å². The third-order valence-corrected chi connectivity index (χ3v) is 14.8. The van der Waals surface area contributed by atoms with Crippen LogP contribution in [0.3, 0.4) is 0 Å². The maximum absolute atomic E-state index is 15.5. The van der Waals surface area contributed by atoms with Gasteiger partial charge in [0.05, 0.1) is 34.5 Å². The Morgan fingerprint density at radius 2 is 0.970 bits per heavy atom. The number of aromatic amines is 2. The van der Waals surface area contributed by atoms with Gasteiger partial charge in [-0.2, -0.15) is 0 Å². The summed E-state index contributed by atoms with van der Waals surface area (Å²) in [5.74, 6) is 2.28. The number of aryl methyl sites for hydroxylation is 2. The Balaban J connectivity index is 0.000000166. The summed E-state index contributed by atoms with van der Waals surface area (Å²) in [5, 5.41) is 13.9. The second kappa shape index (κ2) is 20.2. The van der Waals surface area contributed by atoms with Crippen LogP contribution in [-0.2, 0) is 9.47 Å². The Kier molecular flexibility index (Phi) is 14.0. The van der Waals surface area contributed by atoms with Crippen LogP contribution in [0.25, 0.3) is 22.1 Å². The standard InChI is InChI=1S/2C25H31FN4O3/c2*1-14-3-5-17(6-4-14)22(29-25(31)19-13-33-30-15(19)2)24-27-20-8-7-18(21(26)23(20)28-24)16-9-11-32-12-10-16/h2*7-8,13-14,16-17,22H,3-6,9-12H2,1-2H3,(H,27,28)(H,29,31)/t2*14?,17?,22-/m00/s1. The van der Waals surface area contributed by atoms with E-state index in [0.29, 0.717) is 106 Å². The Labute approximate surface area is 383 Å². The zero-order valence-electron chi connectivity index (χ0n) is 38.4. The van der Waals surface area contributed by atoms with Gasteiger partial charge in [0, 0.05) is 26.4 Å². The molecule has 2 aliphatic heterocycles. The van der Waals surface area contributed by atoms with Crippen LogP contribution in [0.15, 0.2) is 45.8 Å². The van der Waals surface area contributed by atoms with Gasteiger partial charge in [-0.1, -0.05) is 62.0 Å². The highest BCUT2D eigenvalue weighted by atomic mass is 19.1. The second-order valence-electron chi connectivity index (χ2n) is 19.3. The molecule has 2 amide bonds. The van der Waals surface area contributed by atoms with Crippen LogP contribution in [0.2, 0.25) is 0 Å². The number of fused-ring (bicyclic) bond motifs is 2. The summed E-state index contributed by atoms with van der Waals surface area (Å²) >= 11 is 0. The highest BCUT2D eigenvalue weighted by Gasteiger charge is 2.35. The van der Waals surface area contributed by atoms with Crippen LogP contribution in [0, 0.1) is 49.2 Å². The minimum Gasteiger partial charge on any atom is -0.381 e. The van der Waals surface area contributed by atoms with Crippen LogP contribution >= 0.6 is 0 Å². The number of hydrogen-bond acceptors (Lipinski definition) is 10. The van der Waals surface area contributed by atoms with Gasteiger partial charge in [0.25, 0.3) is 11.8 Å². The van der Waals surface area contributed by atoms with Crippen molar-refractivity contribution in [2.75, 3.05) is 26.4 Å². The molecule has 2 saturated heterocycles. The third kappa shape index (κ3) is 9.81. The van der Waals surface area contributed by atoms with E-state index in [1.165, 1.54) is 12.5 Å². The molecule has 4 aromatic heterocycles. The summed E-state index contributed by atoms with van der Waals surface area (Å²) in [6, 6.07) is 6.88. The van der Waals surface area contributed by atoms with E-state index in [1.807, 2.05) is 24.3 Å². The predicted molar refractivity (Wildman–Crippen MR) is 243 cm³/mol. The number of carbonyl (C=O) groups excluding carboxylic acids is 2. The monoisotopic (exact) mass is 908 g/mol. The molecular formula is C50H62F2N8O6. The van der Waals surface area contributed by atoms with E-state index in [2.05, 4.69) is 44.8 Å². The number of H-pyrrole nitrogens is 2. The van der Waals surface area contributed by atoms with E-state index >= 15 is 8.78 Å². The molecule has 0 unspecified atom stereocenters. The smallest absolute Gasteiger partial charge is 0.257 e. The number of rotatable bonds is 10. The second-order valence-corrected chi connectivity index (χ2v) is 19.3. The van der Waals surface area contributed by atoms with E-state index in [4.69, 9.17) is 28.5 Å². The van der Waals surface area contributed by atoms with Crippen LogP contribution < -0.4 is 10.6 Å². The summed E-state index contributed by atoms with van der Waals surface area (Å²) < 4.78 is 51.9. The van der Waals surface area contributed by atoms with Gasteiger partial charge in [0.2, 0.25) is 0 Å². The maximum Gasteiger partial charge on any atom is 0.257 e. The third-order valence-electron chi connectivity index (χ3n) is 14.8. The number of hydrogen-bond donors (Lipinski definition) is 4. The number of nitrogens with zero attached hydrogens (tertiary/aromatic N) is 4. The predicted octanol–water partition coefficient (Wildman–Crippen LogP) is 10.4. The van der Waals surface area contributed by atoms with Crippen molar-refractivity contribution in [1.29, 1.82) is 0 Å². The zero-order chi connectivity index (χ0) is 45.9. The normalized spacial score (nSPS) is 23.0. The van der Waals surface area contributed by atoms with E-state index in [0.717, 1.165) is 77.0 Å². The minimum atomic E-state index is -0.336. The van der Waals surface area contributed by atoms with Gasteiger partial charge in [-0.25, -0.2) is 18.7 Å². The molecule has 66 heavy (non-hydrogen) atoms. The molecule has 2 aromatic carbocycles. The van der Waals surface area contributed by atoms with E-state index in [9.17, 15) is 9.59 Å². The molecule has 4 N–H and O–H groups in total. The molecule has 0 spiro atoms. The summed E-state index contributed by atoms with van der Waals surface area (Å²) in [4.78, 5) is 42.1. The molecule has 0 radical (unpaired) electrons. The van der Waals surface area contributed by atoms with Crippen molar-refractivity contribution in [3.05, 3.63) is 93.7 Å². The van der Waals surface area contributed by atoms with Gasteiger partial charge >= 0.3 is 0 Å². The van der Waals surface area contributed by atoms with Crippen molar-refractivity contribution < 1.29 is 36.9 Å². The Morgan fingerprint density at radius 1 is 0.591 bits per heavy atom. The number of amides is 2. The molecule has 14 nitrogen and oxygen atoms in total. The Hall–Kier alpha value is -5.48. The lowest BCUT2D eigenvalue weighted by Crippen LogP contribution is -2.36. The van der Waals surface area contributed by atoms with Crippen molar-refractivity contribution in [2.45, 2.75) is 129 Å². The van der Waals surface area contributed by atoms with E-state index < -0.39 is 0 Å². The fourth-order valence-electron chi connectivity index (χ4n) is 10.6. The van der Waals surface area contributed by atoms with Gasteiger partial charge in [0.1, 0.15) is 46.3 Å². The van der Waals surface area contributed by atoms with Crippen molar-refractivity contribution in [1.82, 2.24) is 40.9 Å². The van der Waals surface area contributed by atoms with Crippen LogP contribution in [0.1, 0.15) is 170 Å². The number of ether oxygens (including phenoxy) is 2. The fraction of sp³-hybridized carbons (Fsp3) is 0.560. The number of halogens is 2. The molecule has 2 aliphatic carbocycles. The number of nitrogens with one attached hydrogen (secondary N) is 4. The first-order valence-corrected chi connectivity index (χ1v) is 24.0. The van der Waals surface area contributed by atoms with Crippen molar-refractivity contribution in [3.8, 4) is 0 Å².